The van der Waals surface area contributed by atoms with Crippen molar-refractivity contribution < 1.29 is 14.6 Å². The number of hydrogen-bond acceptors (Lipinski definition) is 4. The Morgan fingerprint density at radius 2 is 1.83 bits per heavy atom. The van der Waals surface area contributed by atoms with Crippen molar-refractivity contribution in [1.29, 1.82) is 0 Å². The number of esters is 1. The number of aliphatic hydroxyl groups is 1. The normalized spacial score (nSPS) is 45.1. The lowest BCUT2D eigenvalue weighted by Gasteiger charge is -2.58. The zero-order valence-corrected chi connectivity index (χ0v) is 19.7. The smallest absolute Gasteiger partial charge is 0.323 e. The Labute approximate surface area is 183 Å². The minimum Gasteiger partial charge on any atom is -0.461 e. The quantitative estimate of drug-likeness (QED) is 0.507. The van der Waals surface area contributed by atoms with E-state index in [2.05, 4.69) is 26.8 Å². The van der Waals surface area contributed by atoms with Crippen molar-refractivity contribution in [2.24, 2.45) is 46.2 Å². The molecule has 4 rings (SSSR count). The number of carbonyl (C=O) groups excluding carboxylic acids is 1. The van der Waals surface area contributed by atoms with Crippen molar-refractivity contribution in [3.8, 4) is 0 Å². The molecular weight excluding hydrogens is 374 g/mol. The first-order chi connectivity index (χ1) is 14.1. The zero-order valence-electron chi connectivity index (χ0n) is 19.7. The van der Waals surface area contributed by atoms with Gasteiger partial charge < -0.3 is 15.6 Å². The fourth-order valence-corrected chi connectivity index (χ4v) is 8.14. The number of fused-ring (bicyclic) bond motifs is 5. The molecule has 0 bridgehead atoms. The molecule has 4 nitrogen and oxygen atoms in total. The Hall–Kier alpha value is -0.870. The van der Waals surface area contributed by atoms with Gasteiger partial charge in [0, 0.05) is 5.92 Å². The van der Waals surface area contributed by atoms with E-state index in [4.69, 9.17) is 10.5 Å². The maximum absolute atomic E-state index is 12.5. The van der Waals surface area contributed by atoms with Crippen LogP contribution in [-0.2, 0) is 9.53 Å². The van der Waals surface area contributed by atoms with Crippen molar-refractivity contribution in [1.82, 2.24) is 0 Å². The van der Waals surface area contributed by atoms with E-state index in [1.54, 1.807) is 0 Å². The number of carbonyl (C=O) groups is 1. The molecule has 0 spiro atoms. The predicted molar refractivity (Wildman–Crippen MR) is 120 cm³/mol. The summed E-state index contributed by atoms with van der Waals surface area (Å²) < 4.78 is 5.92. The average molecular weight is 418 g/mol. The molecule has 4 heteroatoms. The predicted octanol–water partition coefficient (Wildman–Crippen LogP) is 4.84. The third-order valence-electron chi connectivity index (χ3n) is 10.0. The lowest BCUT2D eigenvalue weighted by Crippen LogP contribution is -2.52. The number of nitrogens with two attached hydrogens (primary N) is 1. The van der Waals surface area contributed by atoms with Crippen LogP contribution in [0.4, 0.5) is 0 Å². The van der Waals surface area contributed by atoms with Crippen molar-refractivity contribution in [3.05, 3.63) is 11.6 Å². The maximum atomic E-state index is 12.5. The molecule has 3 N–H and O–H groups in total. The lowest BCUT2D eigenvalue weighted by molar-refractivity contribution is -0.157. The van der Waals surface area contributed by atoms with Crippen LogP contribution in [0.25, 0.3) is 0 Å². The highest BCUT2D eigenvalue weighted by Gasteiger charge is 2.60. The number of aliphatic hydroxyl groups excluding tert-OH is 1. The molecule has 0 heterocycles. The second-order valence-electron chi connectivity index (χ2n) is 11.8. The van der Waals surface area contributed by atoms with E-state index >= 15 is 0 Å². The molecule has 0 saturated heterocycles. The second kappa shape index (κ2) is 7.92. The summed E-state index contributed by atoms with van der Waals surface area (Å²) in [6, 6.07) is -0.529. The number of ether oxygens (including phenoxy) is 1. The van der Waals surface area contributed by atoms with Crippen LogP contribution < -0.4 is 5.73 Å². The van der Waals surface area contributed by atoms with Crippen LogP contribution in [0.15, 0.2) is 11.6 Å². The van der Waals surface area contributed by atoms with E-state index in [9.17, 15) is 9.90 Å². The van der Waals surface area contributed by atoms with E-state index < -0.39 is 6.04 Å². The van der Waals surface area contributed by atoms with Crippen molar-refractivity contribution >= 4 is 5.97 Å². The van der Waals surface area contributed by atoms with Gasteiger partial charge in [0.2, 0.25) is 0 Å². The zero-order chi connectivity index (χ0) is 21.8. The fraction of sp³-hybridized carbons (Fsp3) is 0.885. The van der Waals surface area contributed by atoms with Crippen molar-refractivity contribution in [2.45, 2.75) is 104 Å². The maximum Gasteiger partial charge on any atom is 0.323 e. The van der Waals surface area contributed by atoms with E-state index in [-0.39, 0.29) is 34.9 Å². The van der Waals surface area contributed by atoms with Gasteiger partial charge in [0.05, 0.1) is 6.10 Å². The molecule has 3 saturated carbocycles. The summed E-state index contributed by atoms with van der Waals surface area (Å²) in [5, 5.41) is 10.2. The van der Waals surface area contributed by atoms with Crippen LogP contribution in [0.5, 0.6) is 0 Å². The fourth-order valence-electron chi connectivity index (χ4n) is 8.14. The summed E-state index contributed by atoms with van der Waals surface area (Å²) in [4.78, 5) is 12.5. The Kier molecular flexibility index (Phi) is 5.89. The highest BCUT2D eigenvalue weighted by atomic mass is 16.5. The molecule has 3 fully saturated rings. The largest absolute Gasteiger partial charge is 0.461 e. The Morgan fingerprint density at radius 1 is 1.10 bits per heavy atom. The summed E-state index contributed by atoms with van der Waals surface area (Å²) in [6.45, 7) is 11.0. The van der Waals surface area contributed by atoms with E-state index in [0.29, 0.717) is 5.92 Å². The van der Waals surface area contributed by atoms with Crippen LogP contribution in [0.1, 0.15) is 86.0 Å². The van der Waals surface area contributed by atoms with Crippen LogP contribution in [0.3, 0.4) is 0 Å². The SMILES string of the molecule is CC(C)[C@H](N)C(=O)O[C@@H](C)[C@H]1CCC2C3CCC4=CC(O)CC[C@]4(C)C3CC[C@@]21C. The van der Waals surface area contributed by atoms with Gasteiger partial charge in [-0.2, -0.15) is 0 Å². The van der Waals surface area contributed by atoms with Gasteiger partial charge in [-0.1, -0.05) is 39.3 Å². The molecule has 170 valence electrons. The number of hydrogen-bond donors (Lipinski definition) is 2. The Morgan fingerprint density at radius 3 is 2.53 bits per heavy atom. The second-order valence-corrected chi connectivity index (χ2v) is 11.8. The van der Waals surface area contributed by atoms with E-state index in [1.165, 1.54) is 31.3 Å². The van der Waals surface area contributed by atoms with Crippen LogP contribution in [0, 0.1) is 40.4 Å². The molecule has 4 aliphatic rings. The van der Waals surface area contributed by atoms with Gasteiger partial charge in [-0.15, -0.1) is 0 Å². The molecule has 0 aromatic carbocycles. The lowest BCUT2D eigenvalue weighted by atomic mass is 9.46. The topological polar surface area (TPSA) is 72.6 Å². The molecule has 0 aliphatic heterocycles. The van der Waals surface area contributed by atoms with Gasteiger partial charge in [-0.3, -0.25) is 4.79 Å². The summed E-state index contributed by atoms with van der Waals surface area (Å²) in [7, 11) is 0. The van der Waals surface area contributed by atoms with E-state index in [1.807, 2.05) is 13.8 Å². The molecule has 4 unspecified atom stereocenters. The van der Waals surface area contributed by atoms with Crippen LogP contribution in [0.2, 0.25) is 0 Å². The third-order valence-corrected chi connectivity index (χ3v) is 10.0. The van der Waals surface area contributed by atoms with Crippen molar-refractivity contribution in [3.63, 3.8) is 0 Å². The Bertz CT molecular complexity index is 702. The first-order valence-electron chi connectivity index (χ1n) is 12.4. The minimum absolute atomic E-state index is 0.0617. The van der Waals surface area contributed by atoms with Gasteiger partial charge >= 0.3 is 5.97 Å². The van der Waals surface area contributed by atoms with Crippen molar-refractivity contribution in [2.75, 3.05) is 0 Å². The molecule has 0 radical (unpaired) electrons. The molecular formula is C26H43NO3. The van der Waals surface area contributed by atoms with Gasteiger partial charge in [-0.25, -0.2) is 0 Å². The first-order valence-corrected chi connectivity index (χ1v) is 12.4. The summed E-state index contributed by atoms with van der Waals surface area (Å²) in [5.74, 6) is 2.54. The summed E-state index contributed by atoms with van der Waals surface area (Å²) in [6.07, 6.45) is 11.3. The monoisotopic (exact) mass is 417 g/mol. The molecule has 4 aliphatic carbocycles. The standard InChI is InChI=1S/C26H43NO3/c1-15(2)23(27)24(29)30-16(3)20-8-9-21-19-7-6-17-14-18(28)10-12-25(17,4)22(19)11-13-26(20,21)5/h14-16,18-23,28H,6-13,27H2,1-5H3/t16-,18?,19?,20+,21?,22?,23-,25-,26+/m0/s1. The molecule has 30 heavy (non-hydrogen) atoms. The molecule has 0 aromatic heterocycles. The molecule has 9 atom stereocenters. The Balaban J connectivity index is 1.50. The van der Waals surface area contributed by atoms with E-state index in [0.717, 1.165) is 43.4 Å². The molecule has 0 aromatic rings. The van der Waals surface area contributed by atoms with Gasteiger partial charge in [0.1, 0.15) is 12.1 Å². The van der Waals surface area contributed by atoms with Gasteiger partial charge in [0.25, 0.3) is 0 Å². The highest BCUT2D eigenvalue weighted by Crippen LogP contribution is 2.67. The van der Waals surface area contributed by atoms with Crippen LogP contribution in [-0.4, -0.2) is 29.3 Å². The summed E-state index contributed by atoms with van der Waals surface area (Å²) in [5.41, 5.74) is 8.12. The molecule has 0 amide bonds. The van der Waals surface area contributed by atoms with Crippen LogP contribution >= 0.6 is 0 Å². The summed E-state index contributed by atoms with van der Waals surface area (Å²) >= 11 is 0. The average Bonchev–Trinajstić information content (AvgIpc) is 3.05. The van der Waals surface area contributed by atoms with Gasteiger partial charge in [0.15, 0.2) is 0 Å². The number of rotatable bonds is 4. The first kappa shape index (κ1) is 22.3. The third kappa shape index (κ3) is 3.46. The minimum atomic E-state index is -0.529. The highest BCUT2D eigenvalue weighted by molar-refractivity contribution is 5.75. The number of allylic oxidation sites excluding steroid dienone is 1. The van der Waals surface area contributed by atoms with Gasteiger partial charge in [-0.05, 0) is 92.8 Å².